The number of aryl methyl sites for hydroxylation is 1. The van der Waals surface area contributed by atoms with Crippen LogP contribution in [0.1, 0.15) is 21.5 Å². The maximum absolute atomic E-state index is 11.6. The summed E-state index contributed by atoms with van der Waals surface area (Å²) >= 11 is 0. The number of hydrogen-bond donors (Lipinski definition) is 4. The molecule has 0 saturated carbocycles. The molecule has 21 heavy (non-hydrogen) atoms. The molecule has 0 spiro atoms. The second-order valence-electron chi connectivity index (χ2n) is 4.52. The van der Waals surface area contributed by atoms with Gasteiger partial charge in [-0.1, -0.05) is 0 Å². The van der Waals surface area contributed by atoms with Gasteiger partial charge in [-0.25, -0.2) is 23.1 Å². The van der Waals surface area contributed by atoms with Gasteiger partial charge in [0, 0.05) is 12.2 Å². The Balaban J connectivity index is 2.75. The third kappa shape index (κ3) is 5.40. The number of aromatic carboxylic acids is 1. The largest absolute Gasteiger partial charge is 0.478 e. The highest BCUT2D eigenvalue weighted by Gasteiger charge is 2.12. The Morgan fingerprint density at radius 3 is 2.43 bits per heavy atom. The molecule has 2 amide bonds. The Morgan fingerprint density at radius 1 is 1.29 bits per heavy atom. The topological polar surface area (TPSA) is 139 Å². The van der Waals surface area contributed by atoms with E-state index in [1.54, 1.807) is 19.9 Å². The van der Waals surface area contributed by atoms with Crippen LogP contribution in [-0.2, 0) is 10.0 Å². The number of carbonyl (C=O) groups is 2. The number of benzene rings is 1. The van der Waals surface area contributed by atoms with E-state index >= 15 is 0 Å². The van der Waals surface area contributed by atoms with Gasteiger partial charge in [0.25, 0.3) is 0 Å². The summed E-state index contributed by atoms with van der Waals surface area (Å²) in [6.07, 6.45) is 0. The van der Waals surface area contributed by atoms with Crippen LogP contribution in [0.25, 0.3) is 0 Å². The lowest BCUT2D eigenvalue weighted by Crippen LogP contribution is -2.34. The normalized spacial score (nSPS) is 11.0. The van der Waals surface area contributed by atoms with E-state index in [0.717, 1.165) is 5.56 Å². The lowest BCUT2D eigenvalue weighted by atomic mass is 10.0. The van der Waals surface area contributed by atoms with Gasteiger partial charge in [0.05, 0.1) is 11.3 Å². The van der Waals surface area contributed by atoms with E-state index < -0.39 is 22.0 Å². The molecule has 0 atom stereocenters. The molecule has 0 aliphatic heterocycles. The number of carboxylic acid groups (broad SMARTS) is 1. The van der Waals surface area contributed by atoms with Gasteiger partial charge in [0.15, 0.2) is 0 Å². The average Bonchev–Trinajstić information content (AvgIpc) is 2.31. The van der Waals surface area contributed by atoms with E-state index in [-0.39, 0.29) is 17.9 Å². The molecular weight excluding hydrogens is 298 g/mol. The van der Waals surface area contributed by atoms with Crippen molar-refractivity contribution < 1.29 is 23.1 Å². The first-order valence-corrected chi connectivity index (χ1v) is 7.71. The average molecular weight is 315 g/mol. The molecule has 1 rings (SSSR count). The zero-order valence-electron chi connectivity index (χ0n) is 11.6. The van der Waals surface area contributed by atoms with Gasteiger partial charge in [0.2, 0.25) is 10.0 Å². The molecule has 0 saturated heterocycles. The molecule has 0 aromatic heterocycles. The summed E-state index contributed by atoms with van der Waals surface area (Å²) in [6, 6.07) is 2.32. The highest BCUT2D eigenvalue weighted by Crippen LogP contribution is 2.19. The van der Waals surface area contributed by atoms with E-state index in [1.807, 2.05) is 0 Å². The molecule has 0 aliphatic carbocycles. The van der Waals surface area contributed by atoms with Gasteiger partial charge in [0.1, 0.15) is 0 Å². The number of nitrogens with one attached hydrogen (secondary N) is 2. The molecule has 0 fully saturated rings. The van der Waals surface area contributed by atoms with Gasteiger partial charge in [-0.15, -0.1) is 0 Å². The summed E-state index contributed by atoms with van der Waals surface area (Å²) in [4.78, 5) is 22.7. The number of nitrogens with two attached hydrogens (primary N) is 1. The standard InChI is InChI=1S/C12H17N3O5S/c1-7-5-9(6-10(8(7)2)11(16)17)15-12(18)14-3-4-21(13,19)20/h5-6H,3-4H2,1-2H3,(H,16,17)(H2,13,19,20)(H2,14,15,18). The number of sulfonamides is 1. The van der Waals surface area contributed by atoms with Crippen molar-refractivity contribution in [2.45, 2.75) is 13.8 Å². The SMILES string of the molecule is Cc1cc(NC(=O)NCCS(N)(=O)=O)cc(C(=O)O)c1C. The minimum Gasteiger partial charge on any atom is -0.478 e. The Bertz CT molecular complexity index is 670. The minimum atomic E-state index is -3.64. The lowest BCUT2D eigenvalue weighted by molar-refractivity contribution is 0.0696. The Labute approximate surface area is 122 Å². The fraction of sp³-hybridized carbons (Fsp3) is 0.333. The van der Waals surface area contributed by atoms with Crippen LogP contribution in [0.5, 0.6) is 0 Å². The molecular formula is C12H17N3O5S. The fourth-order valence-corrected chi connectivity index (χ4v) is 2.02. The van der Waals surface area contributed by atoms with Crippen molar-refractivity contribution in [2.24, 2.45) is 5.14 Å². The predicted octanol–water partition coefficient (Wildman–Crippen LogP) is 0.412. The number of primary sulfonamides is 1. The van der Waals surface area contributed by atoms with Crippen LogP contribution < -0.4 is 15.8 Å². The quantitative estimate of drug-likeness (QED) is 0.623. The maximum Gasteiger partial charge on any atom is 0.336 e. The van der Waals surface area contributed by atoms with Gasteiger partial charge in [-0.2, -0.15) is 0 Å². The zero-order chi connectivity index (χ0) is 16.2. The van der Waals surface area contributed by atoms with Crippen molar-refractivity contribution >= 4 is 27.7 Å². The summed E-state index contributed by atoms with van der Waals surface area (Å²) in [5.41, 5.74) is 1.73. The highest BCUT2D eigenvalue weighted by molar-refractivity contribution is 7.89. The fourth-order valence-electron chi connectivity index (χ4n) is 1.64. The summed E-state index contributed by atoms with van der Waals surface area (Å²) in [5.74, 6) is -1.47. The summed E-state index contributed by atoms with van der Waals surface area (Å²) < 4.78 is 21.4. The minimum absolute atomic E-state index is 0.0924. The number of urea groups is 1. The maximum atomic E-state index is 11.6. The summed E-state index contributed by atoms with van der Waals surface area (Å²) in [6.45, 7) is 3.27. The Kier molecular flexibility index (Phi) is 5.28. The monoisotopic (exact) mass is 315 g/mol. The highest BCUT2D eigenvalue weighted by atomic mass is 32.2. The van der Waals surface area contributed by atoms with Crippen molar-refractivity contribution in [3.8, 4) is 0 Å². The van der Waals surface area contributed by atoms with Crippen LogP contribution in [0, 0.1) is 13.8 Å². The first-order valence-electron chi connectivity index (χ1n) is 6.00. The van der Waals surface area contributed by atoms with Crippen molar-refractivity contribution in [1.29, 1.82) is 0 Å². The van der Waals surface area contributed by atoms with Crippen molar-refractivity contribution in [3.05, 3.63) is 28.8 Å². The smallest absolute Gasteiger partial charge is 0.336 e. The number of anilines is 1. The molecule has 5 N–H and O–H groups in total. The number of carbonyl (C=O) groups excluding carboxylic acids is 1. The van der Waals surface area contributed by atoms with Crippen LogP contribution in [-0.4, -0.2) is 37.8 Å². The van der Waals surface area contributed by atoms with Crippen LogP contribution in [0.4, 0.5) is 10.5 Å². The molecule has 0 heterocycles. The molecule has 0 unspecified atom stereocenters. The molecule has 0 aliphatic rings. The van der Waals surface area contributed by atoms with E-state index in [1.165, 1.54) is 6.07 Å². The van der Waals surface area contributed by atoms with Crippen LogP contribution in [0.15, 0.2) is 12.1 Å². The molecule has 1 aromatic carbocycles. The first-order chi connectivity index (χ1) is 9.60. The van der Waals surface area contributed by atoms with Crippen LogP contribution in [0.2, 0.25) is 0 Å². The Hall–Kier alpha value is -2.13. The predicted molar refractivity (Wildman–Crippen MR) is 77.9 cm³/mol. The van der Waals surface area contributed by atoms with E-state index in [4.69, 9.17) is 10.2 Å². The molecule has 9 heteroatoms. The molecule has 116 valence electrons. The summed E-state index contributed by atoms with van der Waals surface area (Å²) in [7, 11) is -3.64. The van der Waals surface area contributed by atoms with E-state index in [2.05, 4.69) is 10.6 Å². The first kappa shape index (κ1) is 16.9. The number of rotatable bonds is 5. The molecule has 1 aromatic rings. The van der Waals surface area contributed by atoms with Crippen molar-refractivity contribution in [3.63, 3.8) is 0 Å². The summed E-state index contributed by atoms with van der Waals surface area (Å²) in [5, 5.41) is 18.6. The lowest BCUT2D eigenvalue weighted by Gasteiger charge is -2.11. The second-order valence-corrected chi connectivity index (χ2v) is 6.25. The number of carboxylic acids is 1. The van der Waals surface area contributed by atoms with Crippen molar-refractivity contribution in [1.82, 2.24) is 5.32 Å². The van der Waals surface area contributed by atoms with Gasteiger partial charge >= 0.3 is 12.0 Å². The second kappa shape index (κ2) is 6.55. The van der Waals surface area contributed by atoms with Crippen molar-refractivity contribution in [2.75, 3.05) is 17.6 Å². The van der Waals surface area contributed by atoms with Gasteiger partial charge in [-0.05, 0) is 37.1 Å². The van der Waals surface area contributed by atoms with E-state index in [9.17, 15) is 18.0 Å². The zero-order valence-corrected chi connectivity index (χ0v) is 12.5. The van der Waals surface area contributed by atoms with Gasteiger partial charge in [-0.3, -0.25) is 0 Å². The molecule has 0 radical (unpaired) electrons. The number of amides is 2. The third-order valence-electron chi connectivity index (χ3n) is 2.83. The Morgan fingerprint density at radius 2 is 1.90 bits per heavy atom. The van der Waals surface area contributed by atoms with E-state index in [0.29, 0.717) is 11.3 Å². The third-order valence-corrected chi connectivity index (χ3v) is 3.60. The number of hydrogen-bond acceptors (Lipinski definition) is 4. The van der Waals surface area contributed by atoms with Crippen LogP contribution in [0.3, 0.4) is 0 Å². The van der Waals surface area contributed by atoms with Crippen LogP contribution >= 0.6 is 0 Å². The molecule has 8 nitrogen and oxygen atoms in total. The molecule has 0 bridgehead atoms. The van der Waals surface area contributed by atoms with Gasteiger partial charge < -0.3 is 15.7 Å².